The number of hydrogen-bond donors (Lipinski definition) is 3. The number of aromatic nitrogens is 1. The molecule has 0 saturated heterocycles. The topological polar surface area (TPSA) is 83.5 Å². The first-order chi connectivity index (χ1) is 8.34. The second kappa shape index (κ2) is 6.01. The van der Waals surface area contributed by atoms with Gasteiger partial charge in [0.05, 0.1) is 0 Å². The first-order valence-corrected chi connectivity index (χ1v) is 5.88. The minimum atomic E-state index is -4.55. The number of alkyl halides is 3. The molecule has 0 radical (unpaired) electrons. The zero-order valence-electron chi connectivity index (χ0n) is 9.53. The number of halogens is 3. The predicted octanol–water partition coefficient (Wildman–Crippen LogP) is 1.47. The van der Waals surface area contributed by atoms with Crippen molar-refractivity contribution in [2.45, 2.75) is 19.6 Å². The third kappa shape index (κ3) is 4.15. The summed E-state index contributed by atoms with van der Waals surface area (Å²) in [4.78, 5) is 4.10. The summed E-state index contributed by atoms with van der Waals surface area (Å²) in [7, 11) is 0. The number of hydrogen-bond acceptors (Lipinski definition) is 5. The number of nitrogens with zero attached hydrogens (tertiary/aromatic N) is 2. The van der Waals surface area contributed by atoms with Gasteiger partial charge >= 0.3 is 6.18 Å². The van der Waals surface area contributed by atoms with Gasteiger partial charge in [0, 0.05) is 24.2 Å². The minimum Gasteiger partial charge on any atom is -0.409 e. The maximum absolute atomic E-state index is 12.6. The van der Waals surface area contributed by atoms with Gasteiger partial charge in [-0.05, 0) is 6.92 Å². The zero-order valence-corrected chi connectivity index (χ0v) is 10.3. The monoisotopic (exact) mass is 282 g/mol. The highest BCUT2D eigenvalue weighted by atomic mass is 32.1. The van der Waals surface area contributed by atoms with E-state index in [0.29, 0.717) is 5.01 Å². The van der Waals surface area contributed by atoms with E-state index in [0.717, 1.165) is 5.69 Å². The molecule has 0 aliphatic heterocycles. The van der Waals surface area contributed by atoms with Gasteiger partial charge in [-0.3, -0.25) is 0 Å². The Morgan fingerprint density at radius 1 is 1.67 bits per heavy atom. The Balaban J connectivity index is 2.53. The van der Waals surface area contributed by atoms with Crippen LogP contribution in [0.25, 0.3) is 0 Å². The van der Waals surface area contributed by atoms with E-state index in [-0.39, 0.29) is 6.54 Å². The van der Waals surface area contributed by atoms with E-state index in [1.54, 1.807) is 6.92 Å². The zero-order chi connectivity index (χ0) is 13.8. The fourth-order valence-corrected chi connectivity index (χ4v) is 2.01. The Hall–Kier alpha value is -1.35. The van der Waals surface area contributed by atoms with E-state index >= 15 is 0 Å². The van der Waals surface area contributed by atoms with Crippen molar-refractivity contribution in [2.75, 3.05) is 6.54 Å². The fourth-order valence-electron chi connectivity index (χ4n) is 1.27. The normalized spacial score (nSPS) is 14.8. The molecule has 0 saturated carbocycles. The summed E-state index contributed by atoms with van der Waals surface area (Å²) in [6.45, 7) is 1.55. The van der Waals surface area contributed by atoms with E-state index < -0.39 is 24.5 Å². The Morgan fingerprint density at radius 2 is 2.33 bits per heavy atom. The molecule has 1 aromatic rings. The molecule has 1 atom stereocenters. The fraction of sp³-hybridized carbons (Fsp3) is 0.556. The largest absolute Gasteiger partial charge is 0.409 e. The van der Waals surface area contributed by atoms with Crippen LogP contribution in [-0.4, -0.2) is 28.7 Å². The number of thiazole rings is 1. The van der Waals surface area contributed by atoms with Gasteiger partial charge in [0.15, 0.2) is 5.84 Å². The van der Waals surface area contributed by atoms with Gasteiger partial charge in [-0.15, -0.1) is 11.3 Å². The van der Waals surface area contributed by atoms with Gasteiger partial charge in [-0.25, -0.2) is 4.98 Å². The number of rotatable bonds is 5. The average Bonchev–Trinajstić information content (AvgIpc) is 2.68. The molecule has 1 aromatic heterocycles. The van der Waals surface area contributed by atoms with Crippen LogP contribution in [0, 0.1) is 12.8 Å². The molecule has 18 heavy (non-hydrogen) atoms. The molecule has 0 aromatic carbocycles. The van der Waals surface area contributed by atoms with Crippen LogP contribution in [0.4, 0.5) is 13.2 Å². The quantitative estimate of drug-likeness (QED) is 0.330. The molecule has 0 bridgehead atoms. The summed E-state index contributed by atoms with van der Waals surface area (Å²) < 4.78 is 37.7. The number of aryl methyl sites for hydroxylation is 1. The number of nitrogens with two attached hydrogens (primary N) is 1. The van der Waals surface area contributed by atoms with Gasteiger partial charge in [0.2, 0.25) is 0 Å². The number of oxime groups is 1. The lowest BCUT2D eigenvalue weighted by molar-refractivity contribution is -0.154. The van der Waals surface area contributed by atoms with Crippen LogP contribution in [-0.2, 0) is 6.54 Å². The highest BCUT2D eigenvalue weighted by Gasteiger charge is 2.42. The lowest BCUT2D eigenvalue weighted by Crippen LogP contribution is -2.42. The predicted molar refractivity (Wildman–Crippen MR) is 61.5 cm³/mol. The van der Waals surface area contributed by atoms with Crippen molar-refractivity contribution in [1.29, 1.82) is 0 Å². The Morgan fingerprint density at radius 3 is 2.78 bits per heavy atom. The van der Waals surface area contributed by atoms with Crippen LogP contribution >= 0.6 is 11.3 Å². The summed E-state index contributed by atoms with van der Waals surface area (Å²) in [5.74, 6) is -2.87. The van der Waals surface area contributed by atoms with Gasteiger partial charge in [0.25, 0.3) is 0 Å². The molecule has 0 fully saturated rings. The molecule has 4 N–H and O–H groups in total. The van der Waals surface area contributed by atoms with Crippen LogP contribution in [0.3, 0.4) is 0 Å². The Bertz CT molecular complexity index is 418. The van der Waals surface area contributed by atoms with E-state index in [1.165, 1.54) is 11.3 Å². The molecular formula is C9H13F3N4OS. The first kappa shape index (κ1) is 14.7. The lowest BCUT2D eigenvalue weighted by Gasteiger charge is -2.18. The van der Waals surface area contributed by atoms with Crippen molar-refractivity contribution >= 4 is 17.2 Å². The van der Waals surface area contributed by atoms with Crippen molar-refractivity contribution < 1.29 is 18.4 Å². The third-order valence-corrected chi connectivity index (χ3v) is 3.13. The summed E-state index contributed by atoms with van der Waals surface area (Å²) in [6.07, 6.45) is -4.55. The van der Waals surface area contributed by atoms with Crippen LogP contribution in [0.2, 0.25) is 0 Å². The maximum atomic E-state index is 12.6. The summed E-state index contributed by atoms with van der Waals surface area (Å²) in [5, 5.41) is 15.8. The average molecular weight is 282 g/mol. The van der Waals surface area contributed by atoms with Gasteiger partial charge in [-0.2, -0.15) is 13.2 Å². The van der Waals surface area contributed by atoms with Crippen LogP contribution in [0.1, 0.15) is 10.7 Å². The SMILES string of the molecule is Cc1csc(CNCC(C(N)=NO)C(F)(F)F)n1. The maximum Gasteiger partial charge on any atom is 0.400 e. The van der Waals surface area contributed by atoms with Crippen LogP contribution < -0.4 is 11.1 Å². The van der Waals surface area contributed by atoms with Crippen LogP contribution in [0.15, 0.2) is 10.5 Å². The molecule has 1 unspecified atom stereocenters. The molecule has 5 nitrogen and oxygen atoms in total. The smallest absolute Gasteiger partial charge is 0.400 e. The van der Waals surface area contributed by atoms with Gasteiger partial charge < -0.3 is 16.3 Å². The second-order valence-corrected chi connectivity index (χ2v) is 4.58. The first-order valence-electron chi connectivity index (χ1n) is 5.00. The summed E-state index contributed by atoms with van der Waals surface area (Å²) in [6, 6.07) is 0. The molecule has 9 heteroatoms. The molecule has 0 amide bonds. The summed E-state index contributed by atoms with van der Waals surface area (Å²) in [5.41, 5.74) is 5.83. The third-order valence-electron chi connectivity index (χ3n) is 2.16. The molecule has 0 aliphatic carbocycles. The molecular weight excluding hydrogens is 269 g/mol. The van der Waals surface area contributed by atoms with Crippen molar-refractivity contribution in [3.05, 3.63) is 16.1 Å². The van der Waals surface area contributed by atoms with Gasteiger partial charge in [-0.1, -0.05) is 5.16 Å². The standard InChI is InChI=1S/C9H13F3N4OS/c1-5-4-18-7(15-5)3-14-2-6(8(13)16-17)9(10,11)12/h4,6,14,17H,2-3H2,1H3,(H2,13,16). The Kier molecular flexibility index (Phi) is 4.91. The van der Waals surface area contributed by atoms with E-state index in [4.69, 9.17) is 10.9 Å². The van der Waals surface area contributed by atoms with E-state index in [2.05, 4.69) is 15.5 Å². The molecule has 1 rings (SSSR count). The summed E-state index contributed by atoms with van der Waals surface area (Å²) >= 11 is 1.36. The minimum absolute atomic E-state index is 0.212. The molecule has 102 valence electrons. The Labute approximate surface area is 106 Å². The van der Waals surface area contributed by atoms with E-state index in [9.17, 15) is 13.2 Å². The van der Waals surface area contributed by atoms with Crippen molar-refractivity contribution in [1.82, 2.24) is 10.3 Å². The second-order valence-electron chi connectivity index (χ2n) is 3.63. The van der Waals surface area contributed by atoms with Crippen LogP contribution in [0.5, 0.6) is 0 Å². The molecule has 0 aliphatic rings. The van der Waals surface area contributed by atoms with Crippen molar-refractivity contribution in [3.8, 4) is 0 Å². The van der Waals surface area contributed by atoms with Gasteiger partial charge in [0.1, 0.15) is 10.9 Å². The van der Waals surface area contributed by atoms with Crippen molar-refractivity contribution in [2.24, 2.45) is 16.8 Å². The highest BCUT2D eigenvalue weighted by Crippen LogP contribution is 2.26. The van der Waals surface area contributed by atoms with E-state index in [1.807, 2.05) is 5.38 Å². The lowest BCUT2D eigenvalue weighted by atomic mass is 10.1. The highest BCUT2D eigenvalue weighted by molar-refractivity contribution is 7.09. The number of nitrogens with one attached hydrogen (secondary N) is 1. The number of amidine groups is 1. The molecule has 0 spiro atoms. The molecule has 1 heterocycles. The van der Waals surface area contributed by atoms with Crippen molar-refractivity contribution in [3.63, 3.8) is 0 Å².